The number of allylic oxidation sites excluding steroid dienone is 2. The van der Waals surface area contributed by atoms with Crippen molar-refractivity contribution in [2.75, 3.05) is 24.2 Å². The van der Waals surface area contributed by atoms with Gasteiger partial charge >= 0.3 is 0 Å². The maximum atomic E-state index is 12.6. The Morgan fingerprint density at radius 2 is 2.17 bits per heavy atom. The fourth-order valence-corrected chi connectivity index (χ4v) is 3.42. The van der Waals surface area contributed by atoms with E-state index in [1.807, 2.05) is 13.0 Å². The monoisotopic (exact) mass is 347 g/mol. The van der Waals surface area contributed by atoms with Crippen molar-refractivity contribution in [2.45, 2.75) is 6.92 Å². The van der Waals surface area contributed by atoms with Gasteiger partial charge < -0.3 is 15.0 Å². The second-order valence-electron chi connectivity index (χ2n) is 5.20. The molecule has 0 bridgehead atoms. The molecule has 1 amide bonds. The average molecular weight is 347 g/mol. The average Bonchev–Trinajstić information content (AvgIpc) is 2.55. The van der Waals surface area contributed by atoms with E-state index in [9.17, 15) is 13.2 Å². The molecule has 1 aromatic rings. The summed E-state index contributed by atoms with van der Waals surface area (Å²) in [6.45, 7) is 2.60. The van der Waals surface area contributed by atoms with Crippen molar-refractivity contribution in [3.63, 3.8) is 0 Å². The molecule has 0 aliphatic carbocycles. The molecule has 0 aromatic heterocycles. The first-order chi connectivity index (χ1) is 11.5. The fourth-order valence-electron chi connectivity index (χ4n) is 2.43. The van der Waals surface area contributed by atoms with Crippen LogP contribution in [0.3, 0.4) is 0 Å². The molecule has 1 N–H and O–H groups in total. The van der Waals surface area contributed by atoms with Gasteiger partial charge in [-0.05, 0) is 31.2 Å². The number of benzene rings is 1. The summed E-state index contributed by atoms with van der Waals surface area (Å²) in [7, 11) is -3.54. The third kappa shape index (κ3) is 3.33. The van der Waals surface area contributed by atoms with E-state index in [-0.39, 0.29) is 23.7 Å². The number of amidine groups is 1. The molecule has 1 aromatic carbocycles. The molecule has 3 rings (SSSR count). The van der Waals surface area contributed by atoms with Gasteiger partial charge in [-0.2, -0.15) is 0 Å². The molecule has 2 aliphatic rings. The summed E-state index contributed by atoms with van der Waals surface area (Å²) < 4.78 is 32.7. The maximum Gasteiger partial charge on any atom is 0.259 e. The molecule has 0 saturated carbocycles. The molecule has 0 fully saturated rings. The van der Waals surface area contributed by atoms with Crippen LogP contribution in [0.1, 0.15) is 6.92 Å². The van der Waals surface area contributed by atoms with Crippen LogP contribution in [0.25, 0.3) is 0 Å². The first-order valence-electron chi connectivity index (χ1n) is 7.51. The summed E-state index contributed by atoms with van der Waals surface area (Å²) >= 11 is 0. The summed E-state index contributed by atoms with van der Waals surface area (Å²) in [4.78, 5) is 14.3. The van der Waals surface area contributed by atoms with Gasteiger partial charge in [0.05, 0.1) is 23.6 Å². The Labute approximate surface area is 140 Å². The Balaban J connectivity index is 1.89. The van der Waals surface area contributed by atoms with E-state index in [2.05, 4.69) is 9.71 Å². The molecule has 0 unspecified atom stereocenters. The highest BCUT2D eigenvalue weighted by Crippen LogP contribution is 2.25. The third-order valence-electron chi connectivity index (χ3n) is 3.54. The maximum absolute atomic E-state index is 12.6. The van der Waals surface area contributed by atoms with Crippen LogP contribution in [0.4, 0.5) is 5.69 Å². The Kier molecular flexibility index (Phi) is 4.39. The predicted octanol–water partition coefficient (Wildman–Crippen LogP) is 1.52. The standard InChI is InChI=1S/C16H17N3O4S/c1-2-23-14-8-4-3-7-13(14)17-16(20)12-6-5-9-19-10-11-24(21,22)18-15(12)19/h3-9H,2,10-11H2,1H3,(H,17,20). The molecular formula is C16H17N3O4S. The number of hydrogen-bond donors (Lipinski definition) is 1. The number of hydrogen-bond acceptors (Lipinski definition) is 5. The van der Waals surface area contributed by atoms with Crippen molar-refractivity contribution in [1.29, 1.82) is 0 Å². The molecule has 24 heavy (non-hydrogen) atoms. The number of sulfonamides is 1. The Morgan fingerprint density at radius 1 is 1.38 bits per heavy atom. The zero-order chi connectivity index (χ0) is 17.2. The molecule has 0 spiro atoms. The van der Waals surface area contributed by atoms with Gasteiger partial charge in [0.1, 0.15) is 5.75 Å². The van der Waals surface area contributed by atoms with E-state index in [0.29, 0.717) is 18.0 Å². The van der Waals surface area contributed by atoms with Crippen molar-refractivity contribution in [3.05, 3.63) is 48.2 Å². The van der Waals surface area contributed by atoms with E-state index in [4.69, 9.17) is 4.74 Å². The summed E-state index contributed by atoms with van der Waals surface area (Å²) in [5.41, 5.74) is 0.720. The van der Waals surface area contributed by atoms with Crippen molar-refractivity contribution in [1.82, 2.24) is 4.90 Å². The smallest absolute Gasteiger partial charge is 0.259 e. The second-order valence-corrected chi connectivity index (χ2v) is 6.95. The largest absolute Gasteiger partial charge is 0.492 e. The third-order valence-corrected chi connectivity index (χ3v) is 4.69. The number of anilines is 1. The van der Waals surface area contributed by atoms with E-state index >= 15 is 0 Å². The lowest BCUT2D eigenvalue weighted by atomic mass is 10.1. The van der Waals surface area contributed by atoms with Gasteiger partial charge in [0.2, 0.25) is 0 Å². The van der Waals surface area contributed by atoms with Crippen molar-refractivity contribution >= 4 is 27.5 Å². The number of nitrogens with one attached hydrogen (secondary N) is 1. The fraction of sp³-hybridized carbons (Fsp3) is 0.250. The van der Waals surface area contributed by atoms with Crippen molar-refractivity contribution in [2.24, 2.45) is 4.40 Å². The van der Waals surface area contributed by atoms with Crippen molar-refractivity contribution in [3.8, 4) is 5.75 Å². The highest BCUT2D eigenvalue weighted by Gasteiger charge is 2.30. The normalized spacial score (nSPS) is 18.3. The molecule has 0 atom stereocenters. The summed E-state index contributed by atoms with van der Waals surface area (Å²) in [5, 5.41) is 2.76. The first-order valence-corrected chi connectivity index (χ1v) is 9.12. The van der Waals surface area contributed by atoms with Crippen LogP contribution >= 0.6 is 0 Å². The number of carbonyl (C=O) groups excluding carboxylic acids is 1. The lowest BCUT2D eigenvalue weighted by Crippen LogP contribution is -2.40. The number of para-hydroxylation sites is 2. The van der Waals surface area contributed by atoms with Crippen LogP contribution in [-0.4, -0.2) is 44.0 Å². The minimum absolute atomic E-state index is 0.0666. The Morgan fingerprint density at radius 3 is 2.96 bits per heavy atom. The van der Waals surface area contributed by atoms with Gasteiger partial charge in [-0.3, -0.25) is 4.79 Å². The highest BCUT2D eigenvalue weighted by molar-refractivity contribution is 7.90. The van der Waals surface area contributed by atoms with Crippen LogP contribution in [0.5, 0.6) is 5.75 Å². The SMILES string of the molecule is CCOc1ccccc1NC(=O)C1=CC=CN2CCS(=O)(=O)N=C12. The van der Waals surface area contributed by atoms with Gasteiger partial charge in [-0.1, -0.05) is 12.1 Å². The van der Waals surface area contributed by atoms with Crippen molar-refractivity contribution < 1.29 is 17.9 Å². The van der Waals surface area contributed by atoms with Crippen LogP contribution in [0.2, 0.25) is 0 Å². The number of ether oxygens (including phenoxy) is 1. The lowest BCUT2D eigenvalue weighted by Gasteiger charge is -2.28. The minimum atomic E-state index is -3.54. The minimum Gasteiger partial charge on any atom is -0.492 e. The van der Waals surface area contributed by atoms with E-state index in [0.717, 1.165) is 0 Å². The van der Waals surface area contributed by atoms with Gasteiger partial charge in [0, 0.05) is 12.7 Å². The number of rotatable bonds is 4. The molecule has 0 saturated heterocycles. The first kappa shape index (κ1) is 16.3. The molecule has 2 heterocycles. The summed E-state index contributed by atoms with van der Waals surface area (Å²) in [5.74, 6) is 0.195. The molecule has 2 aliphatic heterocycles. The van der Waals surface area contributed by atoms with Crippen LogP contribution < -0.4 is 10.1 Å². The van der Waals surface area contributed by atoms with E-state index < -0.39 is 15.9 Å². The van der Waals surface area contributed by atoms with E-state index in [1.165, 1.54) is 0 Å². The number of carbonyl (C=O) groups is 1. The van der Waals surface area contributed by atoms with Gasteiger partial charge in [0.25, 0.3) is 15.9 Å². The quantitative estimate of drug-likeness (QED) is 0.892. The second kappa shape index (κ2) is 6.48. The van der Waals surface area contributed by atoms with Gasteiger partial charge in [-0.15, -0.1) is 4.40 Å². The lowest BCUT2D eigenvalue weighted by molar-refractivity contribution is -0.112. The molecule has 0 radical (unpaired) electrons. The van der Waals surface area contributed by atoms with Gasteiger partial charge in [0.15, 0.2) is 5.84 Å². The molecule has 126 valence electrons. The zero-order valence-corrected chi connectivity index (χ0v) is 13.9. The van der Waals surface area contributed by atoms with E-state index in [1.54, 1.807) is 41.5 Å². The van der Waals surface area contributed by atoms with Crippen LogP contribution in [0, 0.1) is 0 Å². The molecular weight excluding hydrogens is 330 g/mol. The zero-order valence-electron chi connectivity index (χ0n) is 13.1. The number of nitrogens with zero attached hydrogens (tertiary/aromatic N) is 2. The van der Waals surface area contributed by atoms with Gasteiger partial charge in [-0.25, -0.2) is 8.42 Å². The summed E-state index contributed by atoms with van der Waals surface area (Å²) in [6, 6.07) is 7.06. The van der Waals surface area contributed by atoms with Crippen LogP contribution in [-0.2, 0) is 14.8 Å². The highest BCUT2D eigenvalue weighted by atomic mass is 32.2. The molecule has 7 nitrogen and oxygen atoms in total. The Hall–Kier alpha value is -2.61. The summed E-state index contributed by atoms with van der Waals surface area (Å²) in [6.07, 6.45) is 4.95. The topological polar surface area (TPSA) is 88.1 Å². The predicted molar refractivity (Wildman–Crippen MR) is 91.4 cm³/mol. The number of amides is 1. The number of fused-ring (bicyclic) bond motifs is 1. The molecule has 8 heteroatoms. The Bertz CT molecular complexity index is 856. The van der Waals surface area contributed by atoms with Crippen LogP contribution in [0.15, 0.2) is 52.6 Å².